The zero-order valence-electron chi connectivity index (χ0n) is 13.1. The van der Waals surface area contributed by atoms with Crippen molar-refractivity contribution in [3.8, 4) is 18.1 Å². The summed E-state index contributed by atoms with van der Waals surface area (Å²) >= 11 is 0. The third-order valence-electron chi connectivity index (χ3n) is 6.67. The molecule has 0 aromatic heterocycles. The molecule has 0 aliphatic heterocycles. The number of terminal acetylenes is 1. The van der Waals surface area contributed by atoms with Gasteiger partial charge in [-0.05, 0) is 72.6 Å². The molecule has 0 spiro atoms. The quantitative estimate of drug-likeness (QED) is 0.720. The first kappa shape index (κ1) is 14.2. The molecule has 0 bridgehead atoms. The summed E-state index contributed by atoms with van der Waals surface area (Å²) in [4.78, 5) is 0. The van der Waals surface area contributed by atoms with Crippen molar-refractivity contribution < 1.29 is 10.2 Å². The fourth-order valence-electron chi connectivity index (χ4n) is 5.90. The normalized spacial score (nSPS) is 42.9. The molecule has 1 aromatic rings. The Hall–Kier alpha value is -1.46. The van der Waals surface area contributed by atoms with E-state index in [1.807, 2.05) is 6.07 Å². The molecule has 2 fully saturated rings. The van der Waals surface area contributed by atoms with Crippen molar-refractivity contribution in [1.82, 2.24) is 0 Å². The zero-order valence-corrected chi connectivity index (χ0v) is 13.1. The Labute approximate surface area is 132 Å². The topological polar surface area (TPSA) is 40.5 Å². The largest absolute Gasteiger partial charge is 0.508 e. The van der Waals surface area contributed by atoms with Crippen LogP contribution in [0.2, 0.25) is 0 Å². The first-order chi connectivity index (χ1) is 10.5. The predicted molar refractivity (Wildman–Crippen MR) is 86.4 cm³/mol. The van der Waals surface area contributed by atoms with E-state index in [-0.39, 0.29) is 17.4 Å². The number of phenolic OH excluding ortho intramolecular Hbond substituents is 1. The van der Waals surface area contributed by atoms with Crippen LogP contribution in [0.3, 0.4) is 0 Å². The molecule has 22 heavy (non-hydrogen) atoms. The molecule has 0 heterocycles. The Morgan fingerprint density at radius 1 is 1.32 bits per heavy atom. The summed E-state index contributed by atoms with van der Waals surface area (Å²) in [6, 6.07) is 5.79. The van der Waals surface area contributed by atoms with E-state index in [0.717, 1.165) is 32.1 Å². The molecule has 116 valence electrons. The number of aliphatic hydroxyl groups excluding tert-OH is 1. The molecule has 2 heteroatoms. The first-order valence-electron chi connectivity index (χ1n) is 8.48. The zero-order chi connectivity index (χ0) is 15.5. The van der Waals surface area contributed by atoms with Gasteiger partial charge in [0.05, 0.1) is 6.10 Å². The predicted octanol–water partition coefficient (Wildman–Crippen LogP) is 3.47. The molecule has 1 aromatic carbocycles. The van der Waals surface area contributed by atoms with Crippen LogP contribution in [0.15, 0.2) is 18.2 Å². The van der Waals surface area contributed by atoms with Crippen LogP contribution < -0.4 is 0 Å². The van der Waals surface area contributed by atoms with E-state index < -0.39 is 0 Å². The Morgan fingerprint density at radius 3 is 2.91 bits per heavy atom. The maximum atomic E-state index is 10.2. The van der Waals surface area contributed by atoms with Crippen LogP contribution in [0.25, 0.3) is 0 Å². The van der Waals surface area contributed by atoms with Gasteiger partial charge in [0.1, 0.15) is 5.75 Å². The molecule has 2 N–H and O–H groups in total. The first-order valence-corrected chi connectivity index (χ1v) is 8.48. The Bertz CT molecular complexity index is 644. The molecule has 2 saturated carbocycles. The van der Waals surface area contributed by atoms with Crippen molar-refractivity contribution in [3.63, 3.8) is 0 Å². The van der Waals surface area contributed by atoms with Crippen LogP contribution >= 0.6 is 0 Å². The van der Waals surface area contributed by atoms with Gasteiger partial charge < -0.3 is 10.2 Å². The van der Waals surface area contributed by atoms with Crippen molar-refractivity contribution in [2.45, 2.75) is 51.0 Å². The monoisotopic (exact) mass is 296 g/mol. The maximum absolute atomic E-state index is 10.2. The number of fused-ring (bicyclic) bond motifs is 5. The van der Waals surface area contributed by atoms with E-state index in [1.54, 1.807) is 6.07 Å². The van der Waals surface area contributed by atoms with Gasteiger partial charge in [0.25, 0.3) is 0 Å². The number of benzene rings is 1. The molecule has 6 atom stereocenters. The Balaban J connectivity index is 1.79. The van der Waals surface area contributed by atoms with Gasteiger partial charge in [0, 0.05) is 11.8 Å². The smallest absolute Gasteiger partial charge is 0.115 e. The van der Waals surface area contributed by atoms with Crippen LogP contribution in [-0.4, -0.2) is 16.3 Å². The molecule has 3 aliphatic carbocycles. The summed E-state index contributed by atoms with van der Waals surface area (Å²) in [5.74, 6) is 5.23. The second kappa shape index (κ2) is 4.77. The molecule has 0 radical (unpaired) electrons. The van der Waals surface area contributed by atoms with Gasteiger partial charge >= 0.3 is 0 Å². The molecule has 0 unspecified atom stereocenters. The summed E-state index contributed by atoms with van der Waals surface area (Å²) in [6.07, 6.45) is 10.8. The average Bonchev–Trinajstić information content (AvgIpc) is 2.79. The van der Waals surface area contributed by atoms with Crippen LogP contribution in [-0.2, 0) is 6.42 Å². The second-order valence-electron chi connectivity index (χ2n) is 7.94. The van der Waals surface area contributed by atoms with Gasteiger partial charge in [0.15, 0.2) is 0 Å². The summed E-state index contributed by atoms with van der Waals surface area (Å²) in [7, 11) is 0. The fraction of sp³-hybridized carbons (Fsp3) is 0.600. The summed E-state index contributed by atoms with van der Waals surface area (Å²) in [5, 5.41) is 20.0. The molecule has 2 nitrogen and oxygen atoms in total. The minimum atomic E-state index is -0.159. The molecular weight excluding hydrogens is 272 g/mol. The Morgan fingerprint density at radius 2 is 2.14 bits per heavy atom. The highest BCUT2D eigenvalue weighted by atomic mass is 16.3. The summed E-state index contributed by atoms with van der Waals surface area (Å²) in [6.45, 7) is 2.33. The van der Waals surface area contributed by atoms with E-state index in [0.29, 0.717) is 23.5 Å². The van der Waals surface area contributed by atoms with Crippen LogP contribution in [0.5, 0.6) is 5.75 Å². The van der Waals surface area contributed by atoms with Gasteiger partial charge in [-0.3, -0.25) is 0 Å². The van der Waals surface area contributed by atoms with E-state index in [1.165, 1.54) is 11.1 Å². The number of aliphatic hydroxyl groups is 1. The van der Waals surface area contributed by atoms with E-state index >= 15 is 0 Å². The van der Waals surface area contributed by atoms with Crippen molar-refractivity contribution in [2.75, 3.05) is 0 Å². The van der Waals surface area contributed by atoms with Gasteiger partial charge in [-0.1, -0.05) is 13.0 Å². The average molecular weight is 296 g/mol. The van der Waals surface area contributed by atoms with Crippen LogP contribution in [0, 0.1) is 35.5 Å². The molecule has 3 aliphatic rings. The lowest BCUT2D eigenvalue weighted by atomic mass is 9.52. The molecule has 0 amide bonds. The number of aromatic hydroxyl groups is 1. The number of hydrogen-bond acceptors (Lipinski definition) is 2. The highest BCUT2D eigenvalue weighted by molar-refractivity contribution is 5.41. The summed E-state index contributed by atoms with van der Waals surface area (Å²) in [5.41, 5.74) is 2.82. The third kappa shape index (κ3) is 1.92. The van der Waals surface area contributed by atoms with E-state index in [2.05, 4.69) is 18.9 Å². The van der Waals surface area contributed by atoms with Gasteiger partial charge in [0.2, 0.25) is 0 Å². The maximum Gasteiger partial charge on any atom is 0.115 e. The number of hydrogen-bond donors (Lipinski definition) is 2. The van der Waals surface area contributed by atoms with Crippen LogP contribution in [0.1, 0.15) is 49.7 Å². The van der Waals surface area contributed by atoms with Crippen molar-refractivity contribution in [1.29, 1.82) is 0 Å². The minimum absolute atomic E-state index is 0.159. The minimum Gasteiger partial charge on any atom is -0.508 e. The number of rotatable bonds is 0. The fourth-order valence-corrected chi connectivity index (χ4v) is 5.90. The van der Waals surface area contributed by atoms with Crippen molar-refractivity contribution >= 4 is 0 Å². The lowest BCUT2D eigenvalue weighted by Crippen LogP contribution is -2.43. The van der Waals surface area contributed by atoms with Crippen molar-refractivity contribution in [2.24, 2.45) is 23.2 Å². The molecule has 4 rings (SSSR count). The molecule has 0 saturated heterocycles. The van der Waals surface area contributed by atoms with E-state index in [4.69, 9.17) is 6.42 Å². The third-order valence-corrected chi connectivity index (χ3v) is 6.67. The summed E-state index contributed by atoms with van der Waals surface area (Å²) < 4.78 is 0. The Kier molecular flexibility index (Phi) is 3.07. The van der Waals surface area contributed by atoms with E-state index in [9.17, 15) is 10.2 Å². The van der Waals surface area contributed by atoms with Crippen molar-refractivity contribution in [3.05, 3.63) is 29.3 Å². The highest BCUT2D eigenvalue weighted by Gasteiger charge is 2.55. The lowest BCUT2D eigenvalue weighted by molar-refractivity contribution is 0.0361. The number of phenols is 1. The van der Waals surface area contributed by atoms with Gasteiger partial charge in [-0.15, -0.1) is 12.3 Å². The van der Waals surface area contributed by atoms with Gasteiger partial charge in [-0.2, -0.15) is 0 Å². The van der Waals surface area contributed by atoms with Crippen LogP contribution in [0.4, 0.5) is 0 Å². The van der Waals surface area contributed by atoms with Gasteiger partial charge in [-0.25, -0.2) is 0 Å². The second-order valence-corrected chi connectivity index (χ2v) is 7.94. The standard InChI is InChI=1S/C20H24O2/c1-3-12-10-20(2)11-15(22)9-18(20)17-6-4-13-8-14(21)5-7-16(13)19(12)17/h1,5,7-8,12,15,17-19,21-22H,4,6,9-11H2,2H3/t12-,15+,17-,18-,19+,20+/m0/s1. The number of aryl methyl sites for hydroxylation is 1. The highest BCUT2D eigenvalue weighted by Crippen LogP contribution is 2.62. The SMILES string of the molecule is C#C[C@H]1C[C@]2(C)C[C@H](O)C[C@H]2[C@@H]2CCc3cc(O)ccc3[C@H]21. The lowest BCUT2D eigenvalue weighted by Gasteiger charge is -2.51. The molecular formula is C20H24O2.